The topological polar surface area (TPSA) is 66.9 Å². The van der Waals surface area contributed by atoms with Crippen molar-refractivity contribution in [1.82, 2.24) is 9.80 Å². The number of hydrogen-bond acceptors (Lipinski definition) is 5. The Balaban J connectivity index is 1.58. The molecule has 2 atom stereocenters. The van der Waals surface area contributed by atoms with Crippen molar-refractivity contribution in [1.29, 1.82) is 0 Å². The van der Waals surface area contributed by atoms with Gasteiger partial charge in [-0.15, -0.1) is 0 Å². The molecule has 1 aliphatic carbocycles. The molecule has 0 aromatic heterocycles. The Morgan fingerprint density at radius 1 is 1.13 bits per heavy atom. The second-order valence-electron chi connectivity index (χ2n) is 7.21. The molecular formula is C16H28N2O4S. The second kappa shape index (κ2) is 7.07. The van der Waals surface area contributed by atoms with Gasteiger partial charge in [0.15, 0.2) is 9.84 Å². The van der Waals surface area contributed by atoms with Crippen LogP contribution < -0.4 is 0 Å². The van der Waals surface area contributed by atoms with E-state index < -0.39 is 9.84 Å². The van der Waals surface area contributed by atoms with Crippen LogP contribution in [-0.2, 0) is 19.4 Å². The first-order valence-electron chi connectivity index (χ1n) is 8.78. The predicted octanol–water partition coefficient (Wildman–Crippen LogP) is 0.523. The molecule has 3 rings (SSSR count). The summed E-state index contributed by atoms with van der Waals surface area (Å²) < 4.78 is 30.2. The molecule has 0 unspecified atom stereocenters. The van der Waals surface area contributed by atoms with E-state index in [0.717, 1.165) is 52.0 Å². The van der Waals surface area contributed by atoms with Crippen LogP contribution in [0.4, 0.5) is 0 Å². The number of hydrogen-bond donors (Lipinski definition) is 0. The SMILES string of the molecule is C[C@@H]1CN(C(=O)CS(=O)(=O)C2CCCC2)C[C@H]1N1CCOCC1. The summed E-state index contributed by atoms with van der Waals surface area (Å²) in [6.45, 7) is 6.76. The highest BCUT2D eigenvalue weighted by molar-refractivity contribution is 7.92. The molecule has 0 N–H and O–H groups in total. The molecule has 0 aromatic rings. The third kappa shape index (κ3) is 3.88. The number of amides is 1. The normalized spacial score (nSPS) is 30.9. The van der Waals surface area contributed by atoms with Gasteiger partial charge in [-0.3, -0.25) is 9.69 Å². The van der Waals surface area contributed by atoms with Gasteiger partial charge in [0, 0.05) is 32.2 Å². The largest absolute Gasteiger partial charge is 0.379 e. The molecular weight excluding hydrogens is 316 g/mol. The Morgan fingerprint density at radius 3 is 2.43 bits per heavy atom. The zero-order valence-electron chi connectivity index (χ0n) is 13.9. The summed E-state index contributed by atoms with van der Waals surface area (Å²) in [6, 6.07) is 0.331. The minimum absolute atomic E-state index is 0.209. The Bertz CT molecular complexity index is 524. The fraction of sp³-hybridized carbons (Fsp3) is 0.938. The lowest BCUT2D eigenvalue weighted by atomic mass is 10.0. The van der Waals surface area contributed by atoms with Crippen LogP contribution in [0.15, 0.2) is 0 Å². The summed E-state index contributed by atoms with van der Waals surface area (Å²) in [5.41, 5.74) is 0. The smallest absolute Gasteiger partial charge is 0.237 e. The zero-order chi connectivity index (χ0) is 16.4. The van der Waals surface area contributed by atoms with Crippen molar-refractivity contribution in [2.45, 2.75) is 43.9 Å². The average Bonchev–Trinajstić information content (AvgIpc) is 3.17. The Morgan fingerprint density at radius 2 is 1.78 bits per heavy atom. The third-order valence-electron chi connectivity index (χ3n) is 5.57. The maximum atomic E-state index is 12.5. The molecule has 0 bridgehead atoms. The third-order valence-corrected chi connectivity index (χ3v) is 7.71. The molecule has 2 heterocycles. The van der Waals surface area contributed by atoms with Gasteiger partial charge in [0.1, 0.15) is 5.75 Å². The second-order valence-corrected chi connectivity index (χ2v) is 9.49. The van der Waals surface area contributed by atoms with Crippen LogP contribution in [0.1, 0.15) is 32.6 Å². The van der Waals surface area contributed by atoms with E-state index in [-0.39, 0.29) is 16.9 Å². The lowest BCUT2D eigenvalue weighted by Crippen LogP contribution is -2.47. The number of carbonyl (C=O) groups is 1. The van der Waals surface area contributed by atoms with Crippen LogP contribution in [0, 0.1) is 5.92 Å². The van der Waals surface area contributed by atoms with Crippen molar-refractivity contribution in [2.24, 2.45) is 5.92 Å². The van der Waals surface area contributed by atoms with E-state index in [4.69, 9.17) is 4.74 Å². The van der Waals surface area contributed by atoms with E-state index in [1.807, 2.05) is 0 Å². The maximum Gasteiger partial charge on any atom is 0.237 e. The molecule has 0 aromatic carbocycles. The molecule has 3 aliphatic rings. The zero-order valence-corrected chi connectivity index (χ0v) is 14.8. The highest BCUT2D eigenvalue weighted by atomic mass is 32.2. The molecule has 1 saturated carbocycles. The van der Waals surface area contributed by atoms with E-state index in [1.54, 1.807) is 4.90 Å². The van der Waals surface area contributed by atoms with Crippen molar-refractivity contribution < 1.29 is 17.9 Å². The molecule has 132 valence electrons. The Kier molecular flexibility index (Phi) is 5.28. The van der Waals surface area contributed by atoms with Gasteiger partial charge < -0.3 is 9.64 Å². The van der Waals surface area contributed by atoms with Gasteiger partial charge in [-0.05, 0) is 18.8 Å². The van der Waals surface area contributed by atoms with Crippen molar-refractivity contribution in [3.8, 4) is 0 Å². The minimum atomic E-state index is -3.28. The van der Waals surface area contributed by atoms with E-state index in [9.17, 15) is 13.2 Å². The monoisotopic (exact) mass is 344 g/mol. The number of nitrogens with zero attached hydrogens (tertiary/aromatic N) is 2. The number of morpholine rings is 1. The standard InChI is InChI=1S/C16H28N2O4S/c1-13-10-18(11-15(13)17-6-8-22-9-7-17)16(19)12-23(20,21)14-4-2-3-5-14/h13-15H,2-12H2,1H3/t13-,15-/m1/s1. The first kappa shape index (κ1) is 17.2. The first-order chi connectivity index (χ1) is 11.0. The van der Waals surface area contributed by atoms with E-state index in [1.165, 1.54) is 0 Å². The molecule has 1 amide bonds. The highest BCUT2D eigenvalue weighted by Gasteiger charge is 2.39. The fourth-order valence-electron chi connectivity index (χ4n) is 4.17. The molecule has 23 heavy (non-hydrogen) atoms. The van der Waals surface area contributed by atoms with Crippen LogP contribution >= 0.6 is 0 Å². The average molecular weight is 344 g/mol. The molecule has 0 radical (unpaired) electrons. The first-order valence-corrected chi connectivity index (χ1v) is 10.5. The van der Waals surface area contributed by atoms with Crippen molar-refractivity contribution in [3.05, 3.63) is 0 Å². The quantitative estimate of drug-likeness (QED) is 0.744. The number of rotatable bonds is 4. The van der Waals surface area contributed by atoms with E-state index in [2.05, 4.69) is 11.8 Å². The van der Waals surface area contributed by atoms with E-state index >= 15 is 0 Å². The Hall–Kier alpha value is -0.660. The van der Waals surface area contributed by atoms with Crippen LogP contribution in [0.3, 0.4) is 0 Å². The summed E-state index contributed by atoms with van der Waals surface area (Å²) in [4.78, 5) is 16.6. The predicted molar refractivity (Wildman–Crippen MR) is 88.0 cm³/mol. The lowest BCUT2D eigenvalue weighted by molar-refractivity contribution is -0.127. The summed E-state index contributed by atoms with van der Waals surface area (Å²) in [5, 5.41) is -0.290. The van der Waals surface area contributed by atoms with Crippen molar-refractivity contribution in [3.63, 3.8) is 0 Å². The van der Waals surface area contributed by atoms with Gasteiger partial charge in [-0.2, -0.15) is 0 Å². The molecule has 6 nitrogen and oxygen atoms in total. The van der Waals surface area contributed by atoms with Crippen molar-refractivity contribution in [2.75, 3.05) is 45.1 Å². The molecule has 7 heteroatoms. The molecule has 2 aliphatic heterocycles. The number of sulfone groups is 1. The van der Waals surface area contributed by atoms with Gasteiger partial charge in [0.25, 0.3) is 0 Å². The fourth-order valence-corrected chi connectivity index (χ4v) is 5.98. The summed E-state index contributed by atoms with van der Waals surface area (Å²) in [5.74, 6) is -0.133. The number of ether oxygens (including phenoxy) is 1. The highest BCUT2D eigenvalue weighted by Crippen LogP contribution is 2.27. The maximum absolute atomic E-state index is 12.5. The van der Waals surface area contributed by atoms with Gasteiger partial charge in [-0.1, -0.05) is 19.8 Å². The summed E-state index contributed by atoms with van der Waals surface area (Å²) in [7, 11) is -3.28. The summed E-state index contributed by atoms with van der Waals surface area (Å²) >= 11 is 0. The van der Waals surface area contributed by atoms with Gasteiger partial charge in [0.05, 0.1) is 18.5 Å². The van der Waals surface area contributed by atoms with Crippen LogP contribution in [0.25, 0.3) is 0 Å². The minimum Gasteiger partial charge on any atom is -0.379 e. The molecule has 3 fully saturated rings. The lowest BCUT2D eigenvalue weighted by Gasteiger charge is -2.34. The molecule has 0 spiro atoms. The van der Waals surface area contributed by atoms with E-state index in [0.29, 0.717) is 25.0 Å². The van der Waals surface area contributed by atoms with Gasteiger partial charge >= 0.3 is 0 Å². The van der Waals surface area contributed by atoms with Crippen LogP contribution in [0.5, 0.6) is 0 Å². The van der Waals surface area contributed by atoms with Gasteiger partial charge in [-0.25, -0.2) is 8.42 Å². The Labute approximate surface area is 139 Å². The number of carbonyl (C=O) groups excluding carboxylic acids is 1. The van der Waals surface area contributed by atoms with Gasteiger partial charge in [0.2, 0.25) is 5.91 Å². The van der Waals surface area contributed by atoms with Crippen LogP contribution in [0.2, 0.25) is 0 Å². The summed E-state index contributed by atoms with van der Waals surface area (Å²) in [6.07, 6.45) is 3.39. The molecule has 2 saturated heterocycles. The van der Waals surface area contributed by atoms with Crippen molar-refractivity contribution >= 4 is 15.7 Å². The van der Waals surface area contributed by atoms with Crippen LogP contribution in [-0.4, -0.2) is 80.6 Å². The number of likely N-dealkylation sites (tertiary alicyclic amines) is 1.